The number of benzene rings is 1. The van der Waals surface area contributed by atoms with Crippen LogP contribution in [0.1, 0.15) is 40.6 Å². The number of nitrogens with two attached hydrogens (primary N) is 1. The summed E-state index contributed by atoms with van der Waals surface area (Å²) in [5, 5.41) is 15.0. The normalized spacial score (nSPS) is 11.0. The first-order valence-corrected chi connectivity index (χ1v) is 9.96. The van der Waals surface area contributed by atoms with Crippen LogP contribution in [0.4, 0.5) is 5.82 Å². The zero-order valence-corrected chi connectivity index (χ0v) is 17.9. The van der Waals surface area contributed by atoms with Gasteiger partial charge in [0.1, 0.15) is 17.8 Å². The molecule has 0 aliphatic carbocycles. The molecule has 3 N–H and O–H groups in total. The van der Waals surface area contributed by atoms with E-state index >= 15 is 0 Å². The summed E-state index contributed by atoms with van der Waals surface area (Å²) in [6.45, 7) is 4.03. The van der Waals surface area contributed by atoms with Crippen LogP contribution in [0.15, 0.2) is 55.0 Å². The van der Waals surface area contributed by atoms with Crippen molar-refractivity contribution in [3.8, 4) is 22.8 Å². The van der Waals surface area contributed by atoms with Crippen LogP contribution < -0.4 is 11.1 Å². The second-order valence-electron chi connectivity index (χ2n) is 7.45. The molecule has 0 unspecified atom stereocenters. The maximum absolute atomic E-state index is 13.1. The molecule has 10 nitrogen and oxygen atoms in total. The molecule has 0 aliphatic heterocycles. The summed E-state index contributed by atoms with van der Waals surface area (Å²) < 4.78 is 3.43. The molecule has 0 saturated carbocycles. The number of anilines is 1. The molecule has 0 aliphatic rings. The molecule has 10 heteroatoms. The van der Waals surface area contributed by atoms with Crippen molar-refractivity contribution in [2.75, 3.05) is 5.32 Å². The van der Waals surface area contributed by atoms with Crippen LogP contribution >= 0.6 is 0 Å². The highest BCUT2D eigenvalue weighted by Crippen LogP contribution is 2.29. The summed E-state index contributed by atoms with van der Waals surface area (Å²) in [6.07, 6.45) is 3.21. The number of aryl methyl sites for hydroxylation is 1. The van der Waals surface area contributed by atoms with E-state index in [0.717, 1.165) is 0 Å². The molecule has 4 aromatic rings. The van der Waals surface area contributed by atoms with Crippen molar-refractivity contribution >= 4 is 17.6 Å². The molecular formula is C22H22N8O2. The van der Waals surface area contributed by atoms with Crippen LogP contribution in [0.25, 0.3) is 22.8 Å². The molecule has 0 spiro atoms. The number of nitrogens with zero attached hydrogens (tertiary/aromatic N) is 6. The van der Waals surface area contributed by atoms with Gasteiger partial charge in [0.15, 0.2) is 5.82 Å². The lowest BCUT2D eigenvalue weighted by atomic mass is 9.96. The Morgan fingerprint density at radius 1 is 1.03 bits per heavy atom. The maximum atomic E-state index is 13.1. The molecular weight excluding hydrogens is 408 g/mol. The first-order chi connectivity index (χ1) is 15.4. The van der Waals surface area contributed by atoms with Crippen LogP contribution in [0.2, 0.25) is 0 Å². The largest absolute Gasteiger partial charge is 0.366 e. The molecule has 0 fully saturated rings. The van der Waals surface area contributed by atoms with Crippen molar-refractivity contribution in [3.63, 3.8) is 0 Å². The Labute approximate surface area is 184 Å². The Hall–Kier alpha value is -4.34. The Bertz CT molecular complexity index is 1300. The van der Waals surface area contributed by atoms with E-state index in [0.29, 0.717) is 28.6 Å². The van der Waals surface area contributed by atoms with Crippen LogP contribution in [0, 0.1) is 0 Å². The zero-order valence-electron chi connectivity index (χ0n) is 17.9. The van der Waals surface area contributed by atoms with E-state index in [1.807, 2.05) is 18.4 Å². The highest BCUT2D eigenvalue weighted by atomic mass is 16.2. The fourth-order valence-electron chi connectivity index (χ4n) is 3.41. The van der Waals surface area contributed by atoms with Gasteiger partial charge in [-0.15, -0.1) is 10.2 Å². The Morgan fingerprint density at radius 2 is 1.75 bits per heavy atom. The highest BCUT2D eigenvalue weighted by Gasteiger charge is 2.22. The van der Waals surface area contributed by atoms with Gasteiger partial charge < -0.3 is 15.6 Å². The van der Waals surface area contributed by atoms with E-state index in [1.165, 1.54) is 4.68 Å². The van der Waals surface area contributed by atoms with E-state index in [2.05, 4.69) is 20.6 Å². The van der Waals surface area contributed by atoms with E-state index in [4.69, 9.17) is 10.7 Å². The fraction of sp³-hybridized carbons (Fsp3) is 0.182. The van der Waals surface area contributed by atoms with Crippen molar-refractivity contribution < 1.29 is 9.59 Å². The molecule has 0 saturated heterocycles. The Morgan fingerprint density at radius 3 is 2.44 bits per heavy atom. The molecule has 162 valence electrons. The van der Waals surface area contributed by atoms with Crippen molar-refractivity contribution in [2.45, 2.75) is 19.9 Å². The number of hydrogen-bond donors (Lipinski definition) is 2. The summed E-state index contributed by atoms with van der Waals surface area (Å²) in [4.78, 5) is 30.1. The van der Waals surface area contributed by atoms with Gasteiger partial charge in [0, 0.05) is 35.8 Å². The standard InChI is InChI=1S/C22H22N8O2/c1-13(2)30-12-24-28-21(30)17-9-5-8-16(26-17)19-14(20(23)31)6-4-7-15(19)22(32)27-18-10-11-25-29(18)3/h4-13H,1-3H3,(H2,23,31)(H,27,32). The second-order valence-corrected chi connectivity index (χ2v) is 7.45. The summed E-state index contributed by atoms with van der Waals surface area (Å²) in [5.74, 6) is 0.0217. The van der Waals surface area contributed by atoms with Crippen molar-refractivity contribution in [1.29, 1.82) is 0 Å². The number of amides is 2. The number of hydrogen-bond acceptors (Lipinski definition) is 6. The molecule has 4 rings (SSSR count). The third-order valence-electron chi connectivity index (χ3n) is 5.00. The Kier molecular flexibility index (Phi) is 5.50. The first-order valence-electron chi connectivity index (χ1n) is 9.96. The number of nitrogens with one attached hydrogen (secondary N) is 1. The number of primary amides is 1. The minimum Gasteiger partial charge on any atom is -0.366 e. The van der Waals surface area contributed by atoms with Crippen LogP contribution in [0.5, 0.6) is 0 Å². The summed E-state index contributed by atoms with van der Waals surface area (Å²) in [6, 6.07) is 11.9. The van der Waals surface area contributed by atoms with E-state index < -0.39 is 11.8 Å². The average molecular weight is 430 g/mol. The van der Waals surface area contributed by atoms with Crippen molar-refractivity contribution in [1.82, 2.24) is 29.5 Å². The molecule has 3 heterocycles. The van der Waals surface area contributed by atoms with Gasteiger partial charge in [-0.05, 0) is 38.1 Å². The fourth-order valence-corrected chi connectivity index (χ4v) is 3.41. The molecule has 0 bridgehead atoms. The van der Waals surface area contributed by atoms with Gasteiger partial charge in [0.2, 0.25) is 5.91 Å². The summed E-state index contributed by atoms with van der Waals surface area (Å²) in [7, 11) is 1.71. The zero-order chi connectivity index (χ0) is 22.8. The molecule has 0 radical (unpaired) electrons. The predicted molar refractivity (Wildman–Crippen MR) is 119 cm³/mol. The van der Waals surface area contributed by atoms with Gasteiger partial charge in [-0.3, -0.25) is 14.3 Å². The minimum atomic E-state index is -0.660. The lowest BCUT2D eigenvalue weighted by Gasteiger charge is -2.14. The van der Waals surface area contributed by atoms with Gasteiger partial charge in [0.05, 0.1) is 11.9 Å². The Balaban J connectivity index is 1.84. The van der Waals surface area contributed by atoms with Gasteiger partial charge in [0.25, 0.3) is 5.91 Å². The SMILES string of the molecule is CC(C)n1cnnc1-c1cccc(-c2c(C(N)=O)cccc2C(=O)Nc2ccnn2C)n1. The van der Waals surface area contributed by atoms with Gasteiger partial charge in [-0.25, -0.2) is 4.98 Å². The number of carbonyl (C=O) groups excluding carboxylic acids is 2. The van der Waals surface area contributed by atoms with Crippen LogP contribution in [-0.2, 0) is 7.05 Å². The second kappa shape index (κ2) is 8.42. The lowest BCUT2D eigenvalue weighted by molar-refractivity contribution is 0.100. The number of pyridine rings is 1. The number of carbonyl (C=O) groups is 2. The van der Waals surface area contributed by atoms with Crippen LogP contribution in [-0.4, -0.2) is 41.3 Å². The number of aromatic nitrogens is 6. The van der Waals surface area contributed by atoms with Crippen molar-refractivity contribution in [3.05, 3.63) is 66.1 Å². The smallest absolute Gasteiger partial charge is 0.257 e. The van der Waals surface area contributed by atoms with E-state index in [9.17, 15) is 9.59 Å². The molecule has 0 atom stereocenters. The van der Waals surface area contributed by atoms with E-state index in [-0.39, 0.29) is 17.2 Å². The van der Waals surface area contributed by atoms with Gasteiger partial charge >= 0.3 is 0 Å². The monoisotopic (exact) mass is 430 g/mol. The molecule has 32 heavy (non-hydrogen) atoms. The topological polar surface area (TPSA) is 134 Å². The molecule has 3 aromatic heterocycles. The number of rotatable bonds is 6. The highest BCUT2D eigenvalue weighted by molar-refractivity contribution is 6.12. The first kappa shape index (κ1) is 20.9. The lowest BCUT2D eigenvalue weighted by Crippen LogP contribution is -2.19. The van der Waals surface area contributed by atoms with Crippen LogP contribution in [0.3, 0.4) is 0 Å². The summed E-state index contributed by atoms with van der Waals surface area (Å²) >= 11 is 0. The minimum absolute atomic E-state index is 0.128. The van der Waals surface area contributed by atoms with Gasteiger partial charge in [-0.1, -0.05) is 12.1 Å². The summed E-state index contributed by atoms with van der Waals surface area (Å²) in [5.41, 5.74) is 7.42. The maximum Gasteiger partial charge on any atom is 0.257 e. The third kappa shape index (κ3) is 3.85. The van der Waals surface area contributed by atoms with Gasteiger partial charge in [-0.2, -0.15) is 5.10 Å². The van der Waals surface area contributed by atoms with E-state index in [1.54, 1.807) is 62.0 Å². The quantitative estimate of drug-likeness (QED) is 0.483. The third-order valence-corrected chi connectivity index (χ3v) is 5.00. The molecule has 2 amide bonds. The average Bonchev–Trinajstić information content (AvgIpc) is 3.43. The molecule has 1 aromatic carbocycles. The predicted octanol–water partition coefficient (Wildman–Crippen LogP) is 2.67. The van der Waals surface area contributed by atoms with Crippen molar-refractivity contribution in [2.24, 2.45) is 12.8 Å².